The fourth-order valence-corrected chi connectivity index (χ4v) is 6.74. The highest BCUT2D eigenvalue weighted by Crippen LogP contribution is 2.46. The minimum atomic E-state index is -3.10. The monoisotopic (exact) mass is 695 g/mol. The van der Waals surface area contributed by atoms with Crippen LogP contribution in [0.25, 0.3) is 0 Å². The molecule has 5 rings (SSSR count). The van der Waals surface area contributed by atoms with E-state index < -0.39 is 27.3 Å². The van der Waals surface area contributed by atoms with E-state index in [1.165, 1.54) is 6.26 Å². The Morgan fingerprint density at radius 1 is 0.979 bits per heavy atom. The molecule has 2 amide bonds. The number of carbonyl (C=O) groups excluding carboxylic acids is 1. The van der Waals surface area contributed by atoms with Gasteiger partial charge < -0.3 is 9.64 Å². The van der Waals surface area contributed by atoms with Crippen LogP contribution in [-0.4, -0.2) is 86.3 Å². The van der Waals surface area contributed by atoms with E-state index in [0.717, 1.165) is 16.7 Å². The zero-order valence-corrected chi connectivity index (χ0v) is 29.3. The van der Waals surface area contributed by atoms with Crippen molar-refractivity contribution >= 4 is 44.9 Å². The third-order valence-corrected chi connectivity index (χ3v) is 10.1. The third kappa shape index (κ3) is 7.92. The number of aliphatic imine (C=N–C) groups is 1. The Hall–Kier alpha value is -3.62. The van der Waals surface area contributed by atoms with Crippen LogP contribution in [0.2, 0.25) is 10.0 Å². The minimum Gasteiger partial charge on any atom is -0.493 e. The number of urea groups is 1. The molecule has 0 saturated carbocycles. The maximum absolute atomic E-state index is 14.8. The Morgan fingerprint density at radius 3 is 2.13 bits per heavy atom. The molecule has 9 nitrogen and oxygen atoms in total. The molecule has 3 aromatic carbocycles. The number of piperazine rings is 1. The molecule has 12 heteroatoms. The second kappa shape index (κ2) is 14.2. The summed E-state index contributed by atoms with van der Waals surface area (Å²) in [4.78, 5) is 25.6. The van der Waals surface area contributed by atoms with Crippen LogP contribution in [0.15, 0.2) is 71.7 Å². The van der Waals surface area contributed by atoms with Gasteiger partial charge in [0.15, 0.2) is 0 Å². The quantitative estimate of drug-likeness (QED) is 0.252. The van der Waals surface area contributed by atoms with Crippen molar-refractivity contribution < 1.29 is 17.9 Å². The zero-order valence-electron chi connectivity index (χ0n) is 27.0. The van der Waals surface area contributed by atoms with Crippen LogP contribution < -0.4 is 4.74 Å². The van der Waals surface area contributed by atoms with Crippen molar-refractivity contribution in [1.29, 1.82) is 5.26 Å². The number of halogens is 2. The molecule has 0 bridgehead atoms. The first-order chi connectivity index (χ1) is 22.3. The number of amides is 2. The number of sulfone groups is 1. The van der Waals surface area contributed by atoms with E-state index >= 15 is 0 Å². The molecular formula is C35H39Cl2N5O4S. The molecule has 0 aliphatic carbocycles. The Labute approximate surface area is 287 Å². The Balaban J connectivity index is 1.61. The number of benzene rings is 3. The normalized spacial score (nSPS) is 19.0. The number of carbonyl (C=O) groups is 1. The first kappa shape index (κ1) is 34.7. The zero-order chi connectivity index (χ0) is 33.9. The number of hydrogen-bond donors (Lipinski definition) is 0. The van der Waals surface area contributed by atoms with Gasteiger partial charge in [0.25, 0.3) is 0 Å². The maximum Gasteiger partial charge on any atom is 0.326 e. The number of nitriles is 1. The lowest BCUT2D eigenvalue weighted by atomic mass is 9.85. The van der Waals surface area contributed by atoms with Crippen LogP contribution in [0.1, 0.15) is 55.1 Å². The van der Waals surface area contributed by atoms with Crippen molar-refractivity contribution in [3.05, 3.63) is 99.0 Å². The van der Waals surface area contributed by atoms with Gasteiger partial charge in [-0.15, -0.1) is 0 Å². The molecule has 2 aliphatic heterocycles. The molecule has 248 valence electrons. The van der Waals surface area contributed by atoms with E-state index in [2.05, 4.69) is 11.0 Å². The molecule has 0 radical (unpaired) electrons. The lowest BCUT2D eigenvalue weighted by molar-refractivity contribution is 0.122. The summed E-state index contributed by atoms with van der Waals surface area (Å²) in [5, 5.41) is 11.0. The average molecular weight is 697 g/mol. The number of nitrogens with zero attached hydrogens (tertiary/aromatic N) is 5. The van der Waals surface area contributed by atoms with Gasteiger partial charge in [0.05, 0.1) is 35.4 Å². The fraction of sp³-hybridized carbons (Fsp3) is 0.400. The van der Waals surface area contributed by atoms with Gasteiger partial charge in [-0.25, -0.2) is 13.2 Å². The fourth-order valence-electron chi connectivity index (χ4n) is 5.90. The first-order valence-electron chi connectivity index (χ1n) is 15.6. The van der Waals surface area contributed by atoms with Gasteiger partial charge in [0.2, 0.25) is 0 Å². The van der Waals surface area contributed by atoms with Gasteiger partial charge in [-0.1, -0.05) is 53.5 Å². The number of rotatable bonds is 9. The van der Waals surface area contributed by atoms with Crippen LogP contribution in [0.5, 0.6) is 5.75 Å². The number of ether oxygens (including phenoxy) is 1. The van der Waals surface area contributed by atoms with Crippen LogP contribution >= 0.6 is 23.2 Å². The van der Waals surface area contributed by atoms with Crippen LogP contribution in [-0.2, 0) is 15.3 Å². The van der Waals surface area contributed by atoms with Gasteiger partial charge >= 0.3 is 6.03 Å². The molecule has 2 atom stereocenters. The second-order valence-corrected chi connectivity index (χ2v) is 15.6. The maximum atomic E-state index is 14.8. The van der Waals surface area contributed by atoms with Gasteiger partial charge in [0.1, 0.15) is 27.5 Å². The molecule has 47 heavy (non-hydrogen) atoms. The lowest BCUT2D eigenvalue weighted by Gasteiger charge is -2.39. The Kier molecular flexibility index (Phi) is 10.5. The molecule has 0 N–H and O–H groups in total. The second-order valence-electron chi connectivity index (χ2n) is 12.4. The molecule has 0 unspecified atom stereocenters. The predicted molar refractivity (Wildman–Crippen MR) is 186 cm³/mol. The summed E-state index contributed by atoms with van der Waals surface area (Å²) in [5.74, 6) is 1.06. The van der Waals surface area contributed by atoms with Crippen molar-refractivity contribution in [2.75, 3.05) is 51.3 Å². The van der Waals surface area contributed by atoms with Gasteiger partial charge in [-0.05, 0) is 73.9 Å². The standard InChI is InChI=1S/C35H39Cl2N5O4S/c1-5-46-30-22-26(35(2,3)23-38)10-15-29(30)33-39-31(24-6-11-27(36)12-7-24)32(25-8-13-28(37)14-9-25)42(33)34(43)41-18-16-40(17-19-41)20-21-47(4,44)45/h6-15,22,31-32H,5,16-21H2,1-4H3/t31-,32+/m0/s1. The summed E-state index contributed by atoms with van der Waals surface area (Å²) in [6.07, 6.45) is 1.24. The summed E-state index contributed by atoms with van der Waals surface area (Å²) >= 11 is 12.6. The Morgan fingerprint density at radius 2 is 1.57 bits per heavy atom. The highest BCUT2D eigenvalue weighted by Gasteiger charge is 2.45. The minimum absolute atomic E-state index is 0.0735. The van der Waals surface area contributed by atoms with E-state index in [1.807, 2.05) is 75.4 Å². The van der Waals surface area contributed by atoms with Crippen molar-refractivity contribution in [1.82, 2.24) is 14.7 Å². The van der Waals surface area contributed by atoms with Gasteiger partial charge in [-0.3, -0.25) is 14.8 Å². The van der Waals surface area contributed by atoms with E-state index in [9.17, 15) is 18.5 Å². The Bertz CT molecular complexity index is 1780. The van der Waals surface area contributed by atoms with Crippen LogP contribution in [0.3, 0.4) is 0 Å². The van der Waals surface area contributed by atoms with Crippen LogP contribution in [0.4, 0.5) is 4.79 Å². The van der Waals surface area contributed by atoms with E-state index in [-0.39, 0.29) is 11.8 Å². The first-order valence-corrected chi connectivity index (χ1v) is 18.4. The topological polar surface area (TPSA) is 106 Å². The van der Waals surface area contributed by atoms with Crippen molar-refractivity contribution in [2.24, 2.45) is 4.99 Å². The smallest absolute Gasteiger partial charge is 0.326 e. The molecule has 2 heterocycles. The largest absolute Gasteiger partial charge is 0.493 e. The van der Waals surface area contributed by atoms with E-state index in [1.54, 1.807) is 21.9 Å². The molecule has 1 fully saturated rings. The highest BCUT2D eigenvalue weighted by atomic mass is 35.5. The summed E-state index contributed by atoms with van der Waals surface area (Å²) in [5.41, 5.74) is 2.41. The van der Waals surface area contributed by atoms with Crippen molar-refractivity contribution in [3.63, 3.8) is 0 Å². The van der Waals surface area contributed by atoms with E-state index in [0.29, 0.717) is 66.5 Å². The predicted octanol–water partition coefficient (Wildman–Crippen LogP) is 6.52. The SMILES string of the molecule is CCOc1cc(C(C)(C)C#N)ccc1C1=N[C@@H](c2ccc(Cl)cc2)[C@@H](c2ccc(Cl)cc2)N1C(=O)N1CCN(CCS(C)(=O)=O)CC1. The summed E-state index contributed by atoms with van der Waals surface area (Å²) in [7, 11) is -3.10. The molecule has 1 saturated heterocycles. The van der Waals surface area contributed by atoms with E-state index in [4.69, 9.17) is 32.9 Å². The summed E-state index contributed by atoms with van der Waals surface area (Å²) < 4.78 is 29.7. The number of amidine groups is 1. The highest BCUT2D eigenvalue weighted by molar-refractivity contribution is 7.90. The van der Waals surface area contributed by atoms with Crippen molar-refractivity contribution in [3.8, 4) is 11.8 Å². The number of hydrogen-bond acceptors (Lipinski definition) is 7. The van der Waals surface area contributed by atoms with Crippen molar-refractivity contribution in [2.45, 2.75) is 38.3 Å². The molecule has 3 aromatic rings. The van der Waals surface area contributed by atoms with Gasteiger partial charge in [0, 0.05) is 49.0 Å². The van der Waals surface area contributed by atoms with Crippen LogP contribution in [0, 0.1) is 11.3 Å². The summed E-state index contributed by atoms with van der Waals surface area (Å²) in [6.45, 7) is 8.35. The molecule has 0 spiro atoms. The molecule has 0 aromatic heterocycles. The average Bonchev–Trinajstić information content (AvgIpc) is 3.44. The lowest BCUT2D eigenvalue weighted by Crippen LogP contribution is -2.54. The molecule has 2 aliphatic rings. The van der Waals surface area contributed by atoms with Gasteiger partial charge in [-0.2, -0.15) is 5.26 Å². The third-order valence-electron chi connectivity index (χ3n) is 8.64. The molecular weight excluding hydrogens is 657 g/mol. The summed E-state index contributed by atoms with van der Waals surface area (Å²) in [6, 6.07) is 21.7.